The van der Waals surface area contributed by atoms with E-state index in [1.165, 1.54) is 0 Å². The van der Waals surface area contributed by atoms with Gasteiger partial charge in [0.1, 0.15) is 0 Å². The van der Waals surface area contributed by atoms with E-state index in [1.54, 1.807) is 18.7 Å². The molecule has 1 aromatic rings. The summed E-state index contributed by atoms with van der Waals surface area (Å²) in [5.41, 5.74) is 6.26. The van der Waals surface area contributed by atoms with E-state index in [-0.39, 0.29) is 11.3 Å². The second-order valence-electron chi connectivity index (χ2n) is 6.28. The van der Waals surface area contributed by atoms with E-state index in [0.717, 1.165) is 28.7 Å². The van der Waals surface area contributed by atoms with E-state index in [0.29, 0.717) is 12.5 Å². The Morgan fingerprint density at radius 1 is 1.46 bits per heavy atom. The molecule has 24 heavy (non-hydrogen) atoms. The van der Waals surface area contributed by atoms with Gasteiger partial charge in [-0.25, -0.2) is 0 Å². The zero-order valence-electron chi connectivity index (χ0n) is 14.2. The topological polar surface area (TPSA) is 68.8 Å². The fourth-order valence-electron chi connectivity index (χ4n) is 2.43. The maximum Gasteiger partial charge on any atom is 0.179 e. The first-order chi connectivity index (χ1) is 11.5. The minimum atomic E-state index is 0.0732. The number of anilines is 1. The Labute approximate surface area is 146 Å². The van der Waals surface area contributed by atoms with Gasteiger partial charge in [-0.15, -0.1) is 0 Å². The number of carbonyl (C=O) groups excluding carboxylic acids is 1. The van der Waals surface area contributed by atoms with Crippen LogP contribution in [0.4, 0.5) is 5.69 Å². The standard InChI is InChI=1S/C17H23N5OS/c1-11(2)8-19-16-21-22-15(10-20-17(22)24-16)9-18-14-6-4-5-13(7-14)12(3)23/h4-7,10-11,17-18,20H,8-9H2,1-3H3,(H,19,21). The molecule has 3 rings (SSSR count). The summed E-state index contributed by atoms with van der Waals surface area (Å²) in [6.45, 7) is 7.39. The summed E-state index contributed by atoms with van der Waals surface area (Å²) < 4.78 is 0. The highest BCUT2D eigenvalue weighted by Gasteiger charge is 2.34. The molecule has 1 aromatic carbocycles. The number of hydrogen-bond acceptors (Lipinski definition) is 6. The lowest BCUT2D eigenvalue weighted by Gasteiger charge is -2.20. The van der Waals surface area contributed by atoms with E-state index in [2.05, 4.69) is 39.9 Å². The predicted molar refractivity (Wildman–Crippen MR) is 99.6 cm³/mol. The van der Waals surface area contributed by atoms with Crippen LogP contribution in [-0.4, -0.2) is 34.5 Å². The Kier molecular flexibility index (Phi) is 4.99. The number of ketones is 1. The number of nitrogens with one attached hydrogen (secondary N) is 3. The van der Waals surface area contributed by atoms with E-state index < -0.39 is 0 Å². The molecule has 6 nitrogen and oxygen atoms in total. The van der Waals surface area contributed by atoms with Crippen LogP contribution < -0.4 is 16.1 Å². The molecule has 0 spiro atoms. The molecule has 0 bridgehead atoms. The fourth-order valence-corrected chi connectivity index (χ4v) is 3.37. The predicted octanol–water partition coefficient (Wildman–Crippen LogP) is 2.59. The summed E-state index contributed by atoms with van der Waals surface area (Å²) in [5.74, 6) is 0.623. The Hall–Kier alpha value is -2.15. The summed E-state index contributed by atoms with van der Waals surface area (Å²) in [6.07, 6.45) is 2.01. The second-order valence-corrected chi connectivity index (χ2v) is 7.35. The quantitative estimate of drug-likeness (QED) is 0.689. The van der Waals surface area contributed by atoms with Crippen LogP contribution in [0.5, 0.6) is 0 Å². The SMILES string of the molecule is CC(=O)c1cccc(NCC2=CNC3SC(=NCC(C)C)NN23)c1. The molecule has 7 heteroatoms. The minimum absolute atomic E-state index is 0.0732. The highest BCUT2D eigenvalue weighted by atomic mass is 32.2. The second kappa shape index (κ2) is 7.17. The number of fused-ring (bicyclic) bond motifs is 1. The number of amidine groups is 1. The van der Waals surface area contributed by atoms with Crippen molar-refractivity contribution in [1.82, 2.24) is 15.8 Å². The van der Waals surface area contributed by atoms with Gasteiger partial charge in [0.2, 0.25) is 0 Å². The van der Waals surface area contributed by atoms with Gasteiger partial charge < -0.3 is 10.6 Å². The van der Waals surface area contributed by atoms with Crippen molar-refractivity contribution in [2.75, 3.05) is 18.4 Å². The number of rotatable bonds is 6. The van der Waals surface area contributed by atoms with E-state index in [4.69, 9.17) is 0 Å². The van der Waals surface area contributed by atoms with Crippen LogP contribution in [0.3, 0.4) is 0 Å². The van der Waals surface area contributed by atoms with Crippen molar-refractivity contribution < 1.29 is 4.79 Å². The van der Waals surface area contributed by atoms with Gasteiger partial charge in [0.05, 0.1) is 12.2 Å². The van der Waals surface area contributed by atoms with Crippen LogP contribution in [0.2, 0.25) is 0 Å². The van der Waals surface area contributed by atoms with Gasteiger partial charge in [-0.3, -0.25) is 20.2 Å². The molecule has 1 unspecified atom stereocenters. The maximum absolute atomic E-state index is 11.5. The van der Waals surface area contributed by atoms with Gasteiger partial charge in [0.25, 0.3) is 0 Å². The third-order valence-corrected chi connectivity index (χ3v) is 4.73. The first kappa shape index (κ1) is 16.7. The van der Waals surface area contributed by atoms with Crippen LogP contribution in [0.15, 0.2) is 41.2 Å². The number of aliphatic imine (C=N–C) groups is 1. The summed E-state index contributed by atoms with van der Waals surface area (Å²) in [5, 5.41) is 9.75. The van der Waals surface area contributed by atoms with Crippen LogP contribution in [-0.2, 0) is 0 Å². The van der Waals surface area contributed by atoms with E-state index in [1.807, 2.05) is 30.5 Å². The Morgan fingerprint density at radius 3 is 3.04 bits per heavy atom. The van der Waals surface area contributed by atoms with Crippen molar-refractivity contribution in [1.29, 1.82) is 0 Å². The highest BCUT2D eigenvalue weighted by molar-refractivity contribution is 8.14. The van der Waals surface area contributed by atoms with E-state index in [9.17, 15) is 4.79 Å². The molecule has 0 aromatic heterocycles. The summed E-state index contributed by atoms with van der Waals surface area (Å²) in [6, 6.07) is 7.57. The lowest BCUT2D eigenvalue weighted by molar-refractivity contribution is 0.101. The number of thioether (sulfide) groups is 1. The molecule has 0 amide bonds. The zero-order chi connectivity index (χ0) is 17.1. The van der Waals surface area contributed by atoms with E-state index >= 15 is 0 Å². The number of Topliss-reactive ketones (excluding diaryl/α,β-unsaturated/α-hetero) is 1. The first-order valence-electron chi connectivity index (χ1n) is 8.10. The van der Waals surface area contributed by atoms with Gasteiger partial charge in [-0.1, -0.05) is 26.0 Å². The van der Waals surface area contributed by atoms with Gasteiger partial charge >= 0.3 is 0 Å². The number of benzene rings is 1. The lowest BCUT2D eigenvalue weighted by atomic mass is 10.1. The van der Waals surface area contributed by atoms with Gasteiger partial charge in [0, 0.05) is 24.0 Å². The van der Waals surface area contributed by atoms with Crippen LogP contribution in [0.25, 0.3) is 0 Å². The minimum Gasteiger partial charge on any atom is -0.379 e. The zero-order valence-corrected chi connectivity index (χ0v) is 15.0. The number of hydrazine groups is 1. The molecule has 128 valence electrons. The molecule has 0 saturated carbocycles. The number of hydrogen-bond donors (Lipinski definition) is 3. The molecular formula is C17H23N5OS. The van der Waals surface area contributed by atoms with Crippen molar-refractivity contribution >= 4 is 28.4 Å². The molecule has 2 aliphatic rings. The van der Waals surface area contributed by atoms with Crippen LogP contribution >= 0.6 is 11.8 Å². The third-order valence-electron chi connectivity index (χ3n) is 3.72. The number of carbonyl (C=O) groups is 1. The normalized spacial score (nSPS) is 20.7. The van der Waals surface area contributed by atoms with Crippen molar-refractivity contribution in [3.05, 3.63) is 41.7 Å². The smallest absolute Gasteiger partial charge is 0.179 e. The highest BCUT2D eigenvalue weighted by Crippen LogP contribution is 2.28. The van der Waals surface area contributed by atoms with Crippen molar-refractivity contribution in [3.63, 3.8) is 0 Å². The lowest BCUT2D eigenvalue weighted by Crippen LogP contribution is -2.38. The van der Waals surface area contributed by atoms with Gasteiger partial charge in [-0.2, -0.15) is 0 Å². The molecule has 0 radical (unpaired) electrons. The fraction of sp³-hybridized carbons (Fsp3) is 0.412. The summed E-state index contributed by atoms with van der Waals surface area (Å²) in [7, 11) is 0. The Morgan fingerprint density at radius 2 is 2.29 bits per heavy atom. The summed E-state index contributed by atoms with van der Waals surface area (Å²) in [4.78, 5) is 16.1. The molecule has 1 atom stereocenters. The van der Waals surface area contributed by atoms with Crippen molar-refractivity contribution in [2.24, 2.45) is 10.9 Å². The Balaban J connectivity index is 1.58. The average molecular weight is 345 g/mol. The Bertz CT molecular complexity index is 685. The maximum atomic E-state index is 11.5. The molecule has 3 N–H and O–H groups in total. The van der Waals surface area contributed by atoms with Crippen LogP contribution in [0.1, 0.15) is 31.1 Å². The number of nitrogens with zero attached hydrogens (tertiary/aromatic N) is 2. The van der Waals surface area contributed by atoms with Gasteiger partial charge in [-0.05, 0) is 36.7 Å². The average Bonchev–Trinajstić information content (AvgIpc) is 3.11. The summed E-state index contributed by atoms with van der Waals surface area (Å²) >= 11 is 1.68. The van der Waals surface area contributed by atoms with Crippen LogP contribution in [0, 0.1) is 5.92 Å². The monoisotopic (exact) mass is 345 g/mol. The first-order valence-corrected chi connectivity index (χ1v) is 8.98. The molecule has 2 aliphatic heterocycles. The molecule has 1 saturated heterocycles. The van der Waals surface area contributed by atoms with Gasteiger partial charge in [0.15, 0.2) is 16.4 Å². The molecule has 1 fully saturated rings. The third kappa shape index (κ3) is 3.84. The van der Waals surface area contributed by atoms with Crippen molar-refractivity contribution in [2.45, 2.75) is 26.3 Å². The largest absolute Gasteiger partial charge is 0.379 e. The van der Waals surface area contributed by atoms with Crippen molar-refractivity contribution in [3.8, 4) is 0 Å². The molecular weight excluding hydrogens is 322 g/mol. The molecule has 2 heterocycles. The molecule has 0 aliphatic carbocycles.